The fourth-order valence-electron chi connectivity index (χ4n) is 1.98. The van der Waals surface area contributed by atoms with Gasteiger partial charge in [-0.3, -0.25) is 0 Å². The molecule has 0 atom stereocenters. The Morgan fingerprint density at radius 2 is 1.95 bits per heavy atom. The SMILES string of the molecule is O=C(O)c1cnc(C(F)(F)C2CC2)nc1Oc1ccccc1. The summed E-state index contributed by atoms with van der Waals surface area (Å²) in [5.41, 5.74) is -0.362. The first-order chi connectivity index (χ1) is 10.5. The van der Waals surface area contributed by atoms with Crippen LogP contribution in [0.1, 0.15) is 29.0 Å². The molecule has 5 nitrogen and oxygen atoms in total. The Morgan fingerprint density at radius 3 is 2.55 bits per heavy atom. The predicted molar refractivity (Wildman–Crippen MR) is 72.1 cm³/mol. The highest BCUT2D eigenvalue weighted by Crippen LogP contribution is 2.48. The fourth-order valence-corrected chi connectivity index (χ4v) is 1.98. The van der Waals surface area contributed by atoms with Gasteiger partial charge in [0.15, 0.2) is 0 Å². The van der Waals surface area contributed by atoms with Crippen LogP contribution in [0.25, 0.3) is 0 Å². The summed E-state index contributed by atoms with van der Waals surface area (Å²) in [5.74, 6) is -6.08. The maximum Gasteiger partial charge on any atom is 0.342 e. The molecule has 1 saturated carbocycles. The maximum absolute atomic E-state index is 14.1. The number of nitrogens with zero attached hydrogens (tertiary/aromatic N) is 2. The zero-order valence-electron chi connectivity index (χ0n) is 11.4. The lowest BCUT2D eigenvalue weighted by Crippen LogP contribution is -2.21. The maximum atomic E-state index is 14.1. The molecule has 0 saturated heterocycles. The third-order valence-electron chi connectivity index (χ3n) is 3.33. The lowest BCUT2D eigenvalue weighted by Gasteiger charge is -2.15. The van der Waals surface area contributed by atoms with Crippen molar-refractivity contribution in [2.45, 2.75) is 18.8 Å². The number of halogens is 2. The van der Waals surface area contributed by atoms with Crippen molar-refractivity contribution in [1.82, 2.24) is 9.97 Å². The summed E-state index contributed by atoms with van der Waals surface area (Å²) in [6.07, 6.45) is 1.68. The van der Waals surface area contributed by atoms with Gasteiger partial charge >= 0.3 is 11.9 Å². The van der Waals surface area contributed by atoms with Gasteiger partial charge < -0.3 is 9.84 Å². The summed E-state index contributed by atoms with van der Waals surface area (Å²) in [6.45, 7) is 0. The number of aromatic carboxylic acids is 1. The number of benzene rings is 1. The normalized spacial score (nSPS) is 14.6. The lowest BCUT2D eigenvalue weighted by atomic mass is 10.2. The van der Waals surface area contributed by atoms with Gasteiger partial charge in [0.2, 0.25) is 11.7 Å². The molecule has 1 heterocycles. The monoisotopic (exact) mass is 306 g/mol. The van der Waals surface area contributed by atoms with E-state index in [9.17, 15) is 13.6 Å². The van der Waals surface area contributed by atoms with Crippen LogP contribution in [-0.4, -0.2) is 21.0 Å². The molecule has 114 valence electrons. The minimum atomic E-state index is -3.17. The van der Waals surface area contributed by atoms with Crippen LogP contribution in [0.5, 0.6) is 11.6 Å². The van der Waals surface area contributed by atoms with E-state index in [-0.39, 0.29) is 11.4 Å². The largest absolute Gasteiger partial charge is 0.477 e. The zero-order valence-corrected chi connectivity index (χ0v) is 11.4. The van der Waals surface area contributed by atoms with Crippen LogP contribution in [-0.2, 0) is 5.92 Å². The van der Waals surface area contributed by atoms with Crippen molar-refractivity contribution in [2.75, 3.05) is 0 Å². The van der Waals surface area contributed by atoms with Gasteiger partial charge in [-0.15, -0.1) is 0 Å². The number of hydrogen-bond acceptors (Lipinski definition) is 4. The highest BCUT2D eigenvalue weighted by molar-refractivity contribution is 5.89. The highest BCUT2D eigenvalue weighted by atomic mass is 19.3. The highest BCUT2D eigenvalue weighted by Gasteiger charge is 2.50. The summed E-state index contributed by atoms with van der Waals surface area (Å²) in [7, 11) is 0. The van der Waals surface area contributed by atoms with Gasteiger partial charge in [0.25, 0.3) is 0 Å². The molecule has 22 heavy (non-hydrogen) atoms. The van der Waals surface area contributed by atoms with E-state index in [1.165, 1.54) is 0 Å². The van der Waals surface area contributed by atoms with E-state index in [1.54, 1.807) is 30.3 Å². The van der Waals surface area contributed by atoms with Gasteiger partial charge in [0.1, 0.15) is 11.3 Å². The van der Waals surface area contributed by atoms with Crippen LogP contribution in [0.2, 0.25) is 0 Å². The average molecular weight is 306 g/mol. The van der Waals surface area contributed by atoms with E-state index in [4.69, 9.17) is 9.84 Å². The fraction of sp³-hybridized carbons (Fsp3) is 0.267. The molecule has 3 rings (SSSR count). The minimum absolute atomic E-state index is 0.310. The van der Waals surface area contributed by atoms with Gasteiger partial charge in [0.05, 0.1) is 0 Å². The third kappa shape index (κ3) is 2.74. The quantitative estimate of drug-likeness (QED) is 0.915. The molecule has 0 amide bonds. The molecule has 0 spiro atoms. The molecule has 2 aromatic rings. The number of carboxylic acid groups (broad SMARTS) is 1. The second-order valence-corrected chi connectivity index (χ2v) is 5.03. The average Bonchev–Trinajstić information content (AvgIpc) is 3.33. The van der Waals surface area contributed by atoms with Crippen LogP contribution in [0.3, 0.4) is 0 Å². The van der Waals surface area contributed by atoms with Gasteiger partial charge in [-0.2, -0.15) is 13.8 Å². The number of para-hydroxylation sites is 1. The molecular weight excluding hydrogens is 294 g/mol. The number of carbonyl (C=O) groups is 1. The Kier molecular flexibility index (Phi) is 3.48. The number of alkyl halides is 2. The standard InChI is InChI=1S/C15H12F2N2O3/c16-15(17,9-6-7-9)14-18-8-11(13(20)21)12(19-14)22-10-4-2-1-3-5-10/h1-5,8-9H,6-7H2,(H,20,21). The molecule has 1 aliphatic rings. The Hall–Kier alpha value is -2.57. The molecule has 1 fully saturated rings. The molecule has 1 N–H and O–H groups in total. The van der Waals surface area contributed by atoms with Crippen molar-refractivity contribution in [3.05, 3.63) is 47.9 Å². The van der Waals surface area contributed by atoms with Gasteiger partial charge in [0, 0.05) is 12.1 Å². The van der Waals surface area contributed by atoms with Crippen molar-refractivity contribution < 1.29 is 23.4 Å². The molecule has 0 bridgehead atoms. The summed E-state index contributed by atoms with van der Waals surface area (Å²) in [4.78, 5) is 18.3. The number of carboxylic acids is 1. The third-order valence-corrected chi connectivity index (χ3v) is 3.33. The number of rotatable bonds is 5. The lowest BCUT2D eigenvalue weighted by molar-refractivity contribution is -0.0379. The van der Waals surface area contributed by atoms with E-state index in [1.807, 2.05) is 0 Å². The summed E-state index contributed by atoms with van der Waals surface area (Å²) in [6, 6.07) is 8.25. The number of hydrogen-bond donors (Lipinski definition) is 1. The Balaban J connectivity index is 1.99. The van der Waals surface area contributed by atoms with Crippen LogP contribution in [0.15, 0.2) is 36.5 Å². The minimum Gasteiger partial charge on any atom is -0.477 e. The second-order valence-electron chi connectivity index (χ2n) is 5.03. The summed E-state index contributed by atoms with van der Waals surface area (Å²) < 4.78 is 33.5. The van der Waals surface area contributed by atoms with Crippen LogP contribution in [0.4, 0.5) is 8.78 Å². The first kappa shape index (κ1) is 14.4. The first-order valence-electron chi connectivity index (χ1n) is 6.70. The topological polar surface area (TPSA) is 72.3 Å². The molecule has 0 unspecified atom stereocenters. The summed E-state index contributed by atoms with van der Waals surface area (Å²) in [5, 5.41) is 9.11. The van der Waals surface area contributed by atoms with Crippen molar-refractivity contribution in [3.63, 3.8) is 0 Å². The first-order valence-corrected chi connectivity index (χ1v) is 6.70. The van der Waals surface area contributed by atoms with Crippen molar-refractivity contribution in [2.24, 2.45) is 5.92 Å². The number of aromatic nitrogens is 2. The van der Waals surface area contributed by atoms with Crippen LogP contribution < -0.4 is 4.74 Å². The van der Waals surface area contributed by atoms with Crippen molar-refractivity contribution >= 4 is 5.97 Å². The van der Waals surface area contributed by atoms with Gasteiger partial charge in [-0.1, -0.05) is 18.2 Å². The Labute approximate surface area is 124 Å². The van der Waals surface area contributed by atoms with E-state index in [2.05, 4.69) is 9.97 Å². The molecule has 0 radical (unpaired) electrons. The van der Waals surface area contributed by atoms with Gasteiger partial charge in [-0.25, -0.2) is 9.78 Å². The second kappa shape index (κ2) is 5.32. The van der Waals surface area contributed by atoms with E-state index in [0.29, 0.717) is 18.6 Å². The van der Waals surface area contributed by atoms with Crippen molar-refractivity contribution in [1.29, 1.82) is 0 Å². The molecule has 1 aliphatic carbocycles. The van der Waals surface area contributed by atoms with E-state index < -0.39 is 23.6 Å². The van der Waals surface area contributed by atoms with E-state index >= 15 is 0 Å². The molecule has 0 aliphatic heterocycles. The van der Waals surface area contributed by atoms with E-state index in [0.717, 1.165) is 6.20 Å². The Morgan fingerprint density at radius 1 is 1.27 bits per heavy atom. The smallest absolute Gasteiger partial charge is 0.342 e. The molecular formula is C15H12F2N2O3. The molecule has 1 aromatic heterocycles. The molecule has 7 heteroatoms. The molecule has 1 aromatic carbocycles. The van der Waals surface area contributed by atoms with Gasteiger partial charge in [-0.05, 0) is 25.0 Å². The van der Waals surface area contributed by atoms with Crippen molar-refractivity contribution in [3.8, 4) is 11.6 Å². The zero-order chi connectivity index (χ0) is 15.7. The summed E-state index contributed by atoms with van der Waals surface area (Å²) >= 11 is 0. The van der Waals surface area contributed by atoms with Crippen LogP contribution >= 0.6 is 0 Å². The predicted octanol–water partition coefficient (Wildman–Crippen LogP) is 3.47. The Bertz CT molecular complexity index is 703. The number of ether oxygens (including phenoxy) is 1. The van der Waals surface area contributed by atoms with Crippen LogP contribution in [0, 0.1) is 5.92 Å².